The number of halogens is 2. The maximum atomic E-state index is 12.2. The van der Waals surface area contributed by atoms with Gasteiger partial charge in [-0.05, 0) is 36.2 Å². The second-order valence-electron chi connectivity index (χ2n) is 5.49. The van der Waals surface area contributed by atoms with Crippen LogP contribution in [-0.4, -0.2) is 48.1 Å². The number of ether oxygens (including phenoxy) is 1. The Labute approximate surface area is 109 Å². The maximum Gasteiger partial charge on any atom is 0.345 e. The van der Waals surface area contributed by atoms with Gasteiger partial charge in [0.15, 0.2) is 0 Å². The van der Waals surface area contributed by atoms with Crippen molar-refractivity contribution in [2.45, 2.75) is 32.0 Å². The van der Waals surface area contributed by atoms with Crippen LogP contribution in [0.1, 0.15) is 19.3 Å². The second kappa shape index (κ2) is 4.63. The number of alkyl halides is 2. The molecule has 1 spiro atoms. The van der Waals surface area contributed by atoms with Crippen LogP contribution in [0.3, 0.4) is 0 Å². The van der Waals surface area contributed by atoms with E-state index in [0.29, 0.717) is 13.1 Å². The summed E-state index contributed by atoms with van der Waals surface area (Å²) in [5, 5.41) is 0. The van der Waals surface area contributed by atoms with Gasteiger partial charge in [0.05, 0.1) is 6.10 Å². The van der Waals surface area contributed by atoms with Gasteiger partial charge in [0.2, 0.25) is 5.91 Å². The van der Waals surface area contributed by atoms with E-state index in [1.165, 1.54) is 0 Å². The van der Waals surface area contributed by atoms with Crippen LogP contribution in [-0.2, 0) is 9.53 Å². The molecule has 1 aliphatic carbocycles. The number of hydrogen-bond acceptors (Lipinski definition) is 3. The van der Waals surface area contributed by atoms with E-state index in [1.807, 2.05) is 11.8 Å². The molecule has 0 bridgehead atoms. The molecular weight excluding hydrogens is 260 g/mol. The molecule has 18 heavy (non-hydrogen) atoms. The number of nitrogens with zero attached hydrogens (tertiary/aromatic N) is 1. The lowest BCUT2D eigenvalue weighted by atomic mass is 9.95. The summed E-state index contributed by atoms with van der Waals surface area (Å²) in [5.74, 6) is 2.63. The van der Waals surface area contributed by atoms with Crippen LogP contribution in [0.15, 0.2) is 0 Å². The zero-order chi connectivity index (χ0) is 12.8. The molecule has 2 saturated heterocycles. The van der Waals surface area contributed by atoms with Gasteiger partial charge in [0, 0.05) is 19.0 Å². The Morgan fingerprint density at radius 2 is 2.00 bits per heavy atom. The Balaban J connectivity index is 1.47. The molecule has 0 aromatic carbocycles. The van der Waals surface area contributed by atoms with Crippen LogP contribution >= 0.6 is 11.8 Å². The van der Waals surface area contributed by atoms with E-state index < -0.39 is 12.7 Å². The highest BCUT2D eigenvalue weighted by Crippen LogP contribution is 2.61. The molecule has 1 unspecified atom stereocenters. The maximum absolute atomic E-state index is 12.2. The van der Waals surface area contributed by atoms with Gasteiger partial charge in [0.1, 0.15) is 0 Å². The first-order valence-electron chi connectivity index (χ1n) is 6.41. The van der Waals surface area contributed by atoms with Crippen LogP contribution in [0.2, 0.25) is 0 Å². The van der Waals surface area contributed by atoms with Crippen LogP contribution in [0.4, 0.5) is 8.78 Å². The third kappa shape index (κ3) is 2.25. The minimum Gasteiger partial charge on any atom is -0.337 e. The molecule has 0 aromatic heterocycles. The predicted molar refractivity (Wildman–Crippen MR) is 64.6 cm³/mol. The molecule has 6 heteroatoms. The molecule has 3 nitrogen and oxygen atoms in total. The highest BCUT2D eigenvalue weighted by molar-refractivity contribution is 7.99. The standard InChI is InChI=1S/C12H17F2NO2S/c13-11(14)17-8-6-15(7-8)10(16)9-5-12(9)1-3-18-4-2-12/h8-9,11H,1-7H2. The summed E-state index contributed by atoms with van der Waals surface area (Å²) in [6, 6.07) is 0. The third-order valence-electron chi connectivity index (χ3n) is 4.43. The number of hydrogen-bond donors (Lipinski definition) is 0. The lowest BCUT2D eigenvalue weighted by molar-refractivity contribution is -0.199. The fourth-order valence-electron chi connectivity index (χ4n) is 3.10. The van der Waals surface area contributed by atoms with Gasteiger partial charge in [0.25, 0.3) is 0 Å². The average molecular weight is 277 g/mol. The monoisotopic (exact) mass is 277 g/mol. The molecule has 1 atom stereocenters. The lowest BCUT2D eigenvalue weighted by Gasteiger charge is -2.39. The Hall–Kier alpha value is -0.360. The van der Waals surface area contributed by atoms with Gasteiger partial charge in [-0.15, -0.1) is 0 Å². The largest absolute Gasteiger partial charge is 0.345 e. The smallest absolute Gasteiger partial charge is 0.337 e. The van der Waals surface area contributed by atoms with Crippen molar-refractivity contribution < 1.29 is 18.3 Å². The first-order valence-corrected chi connectivity index (χ1v) is 7.56. The quantitative estimate of drug-likeness (QED) is 0.790. The Kier molecular flexibility index (Phi) is 3.26. The fourth-order valence-corrected chi connectivity index (χ4v) is 4.40. The first-order chi connectivity index (χ1) is 8.61. The molecule has 0 aromatic rings. The fraction of sp³-hybridized carbons (Fsp3) is 0.917. The van der Waals surface area contributed by atoms with Gasteiger partial charge in [-0.3, -0.25) is 4.79 Å². The van der Waals surface area contributed by atoms with Crippen LogP contribution in [0, 0.1) is 11.3 Å². The van der Waals surface area contributed by atoms with Crippen molar-refractivity contribution in [2.75, 3.05) is 24.6 Å². The molecular formula is C12H17F2NO2S. The first kappa shape index (κ1) is 12.7. The Bertz CT molecular complexity index is 341. The summed E-state index contributed by atoms with van der Waals surface area (Å²) in [6.45, 7) is -2.05. The lowest BCUT2D eigenvalue weighted by Crippen LogP contribution is -2.56. The van der Waals surface area contributed by atoms with Crippen molar-refractivity contribution in [2.24, 2.45) is 11.3 Å². The minimum absolute atomic E-state index is 0.158. The van der Waals surface area contributed by atoms with Gasteiger partial charge in [-0.1, -0.05) is 0 Å². The zero-order valence-corrected chi connectivity index (χ0v) is 10.9. The summed E-state index contributed by atoms with van der Waals surface area (Å²) in [6.07, 6.45) is 2.81. The van der Waals surface area contributed by atoms with E-state index in [-0.39, 0.29) is 17.2 Å². The summed E-state index contributed by atoms with van der Waals surface area (Å²) in [4.78, 5) is 13.8. The topological polar surface area (TPSA) is 29.5 Å². The zero-order valence-electron chi connectivity index (χ0n) is 10.1. The average Bonchev–Trinajstić information content (AvgIpc) is 2.97. The summed E-state index contributed by atoms with van der Waals surface area (Å²) in [5.41, 5.74) is 0.261. The number of carbonyl (C=O) groups is 1. The molecule has 0 N–H and O–H groups in total. The Morgan fingerprint density at radius 3 is 2.61 bits per heavy atom. The number of likely N-dealkylation sites (tertiary alicyclic amines) is 1. The SMILES string of the molecule is O=C(C1CC12CCSCC2)N1CC(OC(F)F)C1. The highest BCUT2D eigenvalue weighted by atomic mass is 32.2. The Morgan fingerprint density at radius 1 is 1.33 bits per heavy atom. The van der Waals surface area contributed by atoms with Crippen molar-refractivity contribution in [3.63, 3.8) is 0 Å². The summed E-state index contributed by atoms with van der Waals surface area (Å²) < 4.78 is 28.3. The van der Waals surface area contributed by atoms with E-state index in [2.05, 4.69) is 4.74 Å². The molecule has 1 saturated carbocycles. The van der Waals surface area contributed by atoms with Crippen LogP contribution in [0.5, 0.6) is 0 Å². The van der Waals surface area contributed by atoms with Gasteiger partial charge in [-0.2, -0.15) is 20.5 Å². The molecule has 3 rings (SSSR count). The molecule has 0 radical (unpaired) electrons. The van der Waals surface area contributed by atoms with E-state index >= 15 is 0 Å². The van der Waals surface area contributed by atoms with Gasteiger partial charge < -0.3 is 9.64 Å². The van der Waals surface area contributed by atoms with Gasteiger partial charge >= 0.3 is 6.61 Å². The number of amides is 1. The van der Waals surface area contributed by atoms with E-state index in [0.717, 1.165) is 30.8 Å². The third-order valence-corrected chi connectivity index (χ3v) is 5.42. The molecule has 3 aliphatic rings. The highest BCUT2D eigenvalue weighted by Gasteiger charge is 2.59. The normalized spacial score (nSPS) is 30.6. The van der Waals surface area contributed by atoms with Crippen molar-refractivity contribution in [1.82, 2.24) is 4.90 Å². The number of thioether (sulfide) groups is 1. The van der Waals surface area contributed by atoms with Crippen molar-refractivity contribution >= 4 is 17.7 Å². The second-order valence-corrected chi connectivity index (χ2v) is 6.72. The predicted octanol–water partition coefficient (Wildman–Crippen LogP) is 1.97. The van der Waals surface area contributed by atoms with Crippen molar-refractivity contribution in [3.8, 4) is 0 Å². The minimum atomic E-state index is -2.73. The summed E-state index contributed by atoms with van der Waals surface area (Å²) in [7, 11) is 0. The van der Waals surface area contributed by atoms with E-state index in [1.54, 1.807) is 4.90 Å². The summed E-state index contributed by atoms with van der Waals surface area (Å²) >= 11 is 1.96. The van der Waals surface area contributed by atoms with Crippen LogP contribution in [0.25, 0.3) is 0 Å². The van der Waals surface area contributed by atoms with Crippen LogP contribution < -0.4 is 0 Å². The number of carbonyl (C=O) groups excluding carboxylic acids is 1. The van der Waals surface area contributed by atoms with Crippen molar-refractivity contribution in [3.05, 3.63) is 0 Å². The number of rotatable bonds is 3. The van der Waals surface area contributed by atoms with Crippen molar-refractivity contribution in [1.29, 1.82) is 0 Å². The molecule has 102 valence electrons. The molecule has 2 aliphatic heterocycles. The van der Waals surface area contributed by atoms with E-state index in [9.17, 15) is 13.6 Å². The molecule has 2 heterocycles. The van der Waals surface area contributed by atoms with E-state index in [4.69, 9.17) is 0 Å². The molecule has 3 fully saturated rings. The van der Waals surface area contributed by atoms with Gasteiger partial charge in [-0.25, -0.2) is 0 Å². The molecule has 1 amide bonds.